The smallest absolute Gasteiger partial charge is 0.408 e. The first-order chi connectivity index (χ1) is 30.4. The van der Waals surface area contributed by atoms with Gasteiger partial charge in [-0.1, -0.05) is 61.5 Å². The SMILES string of the molecule is CCn1c(-c2cc(N3CCN(C)CC3)cnc2[C@H](C)OC)c(CC(C)(C)CO)c2cc(-c3cc(O[Si](C(C)C)(C(C)C)C(C)C)cc(C[C@H](NC(=O)OC(C)(C)C)C(=O)O)c3F)ccc21. The van der Waals surface area contributed by atoms with Crippen molar-refractivity contribution < 1.29 is 38.1 Å². The number of carbonyl (C=O) groups is 2. The number of aliphatic hydroxyl groups excluding tert-OH is 1. The van der Waals surface area contributed by atoms with E-state index in [1.54, 1.807) is 40.0 Å². The highest BCUT2D eigenvalue weighted by molar-refractivity contribution is 6.78. The number of alkyl carbamates (subject to hydrolysis) is 1. The van der Waals surface area contributed by atoms with Crippen LogP contribution in [0.5, 0.6) is 5.75 Å². The number of likely N-dealkylation sites (N-methyl/N-ethyl adjacent to an activating group) is 1. The van der Waals surface area contributed by atoms with E-state index in [2.05, 4.69) is 81.3 Å². The number of aryl methyl sites for hydroxylation is 1. The Kier molecular flexibility index (Phi) is 16.3. The van der Waals surface area contributed by atoms with Crippen LogP contribution in [-0.2, 0) is 33.7 Å². The lowest BCUT2D eigenvalue weighted by Crippen LogP contribution is -2.50. The van der Waals surface area contributed by atoms with Crippen LogP contribution in [0.3, 0.4) is 0 Å². The Morgan fingerprint density at radius 3 is 2.09 bits per heavy atom. The molecule has 0 aliphatic carbocycles. The molecule has 0 spiro atoms. The number of nitrogens with one attached hydrogen (secondary N) is 1. The maximum atomic E-state index is 17.5. The number of nitrogens with zero attached hydrogens (tertiary/aromatic N) is 4. The number of aromatic nitrogens is 2. The minimum atomic E-state index is -2.59. The zero-order valence-electron chi connectivity index (χ0n) is 41.7. The van der Waals surface area contributed by atoms with Gasteiger partial charge >= 0.3 is 12.1 Å². The molecular formula is C51H76FN5O7Si. The predicted octanol–water partition coefficient (Wildman–Crippen LogP) is 10.6. The molecule has 65 heavy (non-hydrogen) atoms. The monoisotopic (exact) mass is 918 g/mol. The highest BCUT2D eigenvalue weighted by Gasteiger charge is 2.47. The fourth-order valence-corrected chi connectivity index (χ4v) is 15.0. The van der Waals surface area contributed by atoms with E-state index >= 15 is 4.39 Å². The first-order valence-corrected chi connectivity index (χ1v) is 25.5. The number of hydrogen-bond donors (Lipinski definition) is 3. The van der Waals surface area contributed by atoms with Gasteiger partial charge in [-0.3, -0.25) is 4.98 Å². The minimum Gasteiger partial charge on any atom is -0.543 e. The molecule has 1 fully saturated rings. The van der Waals surface area contributed by atoms with Crippen molar-refractivity contribution in [2.75, 3.05) is 51.8 Å². The summed E-state index contributed by atoms with van der Waals surface area (Å²) < 4.78 is 38.3. The average molecular weight is 918 g/mol. The summed E-state index contributed by atoms with van der Waals surface area (Å²) in [7, 11) is 1.23. The van der Waals surface area contributed by atoms with Gasteiger partial charge in [-0.15, -0.1) is 0 Å². The van der Waals surface area contributed by atoms with Crippen LogP contribution < -0.4 is 14.6 Å². The number of carboxylic acids is 1. The molecule has 3 N–H and O–H groups in total. The molecule has 2 atom stereocenters. The van der Waals surface area contributed by atoms with Gasteiger partial charge in [0.1, 0.15) is 23.2 Å². The number of methoxy groups -OCH3 is 1. The normalized spacial score (nSPS) is 15.3. The van der Waals surface area contributed by atoms with Gasteiger partial charge < -0.3 is 43.8 Å². The molecule has 0 unspecified atom stereocenters. The highest BCUT2D eigenvalue weighted by Crippen LogP contribution is 2.46. The van der Waals surface area contributed by atoms with Crippen LogP contribution in [0.15, 0.2) is 42.6 Å². The lowest BCUT2D eigenvalue weighted by Gasteiger charge is -2.42. The molecule has 2 aromatic carbocycles. The second kappa shape index (κ2) is 20.6. The molecule has 0 radical (unpaired) electrons. The molecule has 358 valence electrons. The lowest BCUT2D eigenvalue weighted by atomic mass is 9.84. The Morgan fingerprint density at radius 1 is 0.923 bits per heavy atom. The summed E-state index contributed by atoms with van der Waals surface area (Å²) in [6.45, 7) is 30.5. The molecule has 5 rings (SSSR count). The van der Waals surface area contributed by atoms with E-state index in [4.69, 9.17) is 18.9 Å². The second-order valence-electron chi connectivity index (χ2n) is 20.7. The molecule has 1 aliphatic rings. The number of aliphatic carboxylic acids is 1. The second-order valence-corrected chi connectivity index (χ2v) is 26.1. The third kappa shape index (κ3) is 11.4. The fraction of sp³-hybridized carbons (Fsp3) is 0.588. The van der Waals surface area contributed by atoms with Crippen molar-refractivity contribution in [1.82, 2.24) is 19.8 Å². The third-order valence-electron chi connectivity index (χ3n) is 13.2. The van der Waals surface area contributed by atoms with Crippen LogP contribution in [0.2, 0.25) is 16.6 Å². The summed E-state index contributed by atoms with van der Waals surface area (Å²) >= 11 is 0. The summed E-state index contributed by atoms with van der Waals surface area (Å²) in [6, 6.07) is 10.1. The van der Waals surface area contributed by atoms with Crippen molar-refractivity contribution in [2.45, 2.75) is 144 Å². The predicted molar refractivity (Wildman–Crippen MR) is 262 cm³/mol. The third-order valence-corrected chi connectivity index (χ3v) is 19.2. The molecular weight excluding hydrogens is 842 g/mol. The first-order valence-electron chi connectivity index (χ1n) is 23.3. The number of aliphatic hydroxyl groups is 1. The van der Waals surface area contributed by atoms with Crippen molar-refractivity contribution in [3.63, 3.8) is 0 Å². The Morgan fingerprint density at radius 2 is 1.55 bits per heavy atom. The average Bonchev–Trinajstić information content (AvgIpc) is 3.53. The summed E-state index contributed by atoms with van der Waals surface area (Å²) in [6.07, 6.45) is 0.865. The van der Waals surface area contributed by atoms with Gasteiger partial charge in [0.15, 0.2) is 0 Å². The lowest BCUT2D eigenvalue weighted by molar-refractivity contribution is -0.139. The number of rotatable bonds is 18. The topological polar surface area (TPSA) is 139 Å². The Bertz CT molecular complexity index is 2290. The number of amides is 1. The van der Waals surface area contributed by atoms with Crippen molar-refractivity contribution in [2.24, 2.45) is 5.41 Å². The van der Waals surface area contributed by atoms with Crippen LogP contribution in [0.25, 0.3) is 33.3 Å². The summed E-state index contributed by atoms with van der Waals surface area (Å²) in [4.78, 5) is 35.4. The standard InChI is InChI=1S/C51H76FN5O7Si/c1-16-57-44-18-17-35(24-40(44)42(28-51(12,13)30-58)47(57)41-26-37(29-53-46(41)34(8)62-15)56-21-19-55(14)20-22-56)39-27-38(64-65(31(2)3,32(4)5)33(6)7)23-36(45(39)52)25-43(48(59)60)54-49(61)63-50(9,10)11/h17-18,23-24,26-27,29,31-34,43,58H,16,19-22,25,28,30H2,1-15H3,(H,54,61)(H,59,60)/t34-,43-/m0/s1. The van der Waals surface area contributed by atoms with Crippen molar-refractivity contribution >= 4 is 37.0 Å². The summed E-state index contributed by atoms with van der Waals surface area (Å²) in [5, 5.41) is 24.5. The number of hydrogen-bond acceptors (Lipinski definition) is 9. The van der Waals surface area contributed by atoms with Crippen LogP contribution in [-0.4, -0.2) is 104 Å². The van der Waals surface area contributed by atoms with Crippen LogP contribution in [0, 0.1) is 11.2 Å². The largest absolute Gasteiger partial charge is 0.543 e. The molecule has 3 heterocycles. The summed E-state index contributed by atoms with van der Waals surface area (Å²) in [5.74, 6) is -1.47. The number of piperazine rings is 1. The molecule has 0 saturated carbocycles. The maximum Gasteiger partial charge on any atom is 0.408 e. The Labute approximate surface area is 388 Å². The molecule has 2 aromatic heterocycles. The number of anilines is 1. The molecule has 1 aliphatic heterocycles. The number of benzene rings is 2. The molecule has 4 aromatic rings. The van der Waals surface area contributed by atoms with Gasteiger partial charge in [0, 0.05) is 74.9 Å². The van der Waals surface area contributed by atoms with E-state index in [-0.39, 0.29) is 46.9 Å². The highest BCUT2D eigenvalue weighted by atomic mass is 28.4. The van der Waals surface area contributed by atoms with Gasteiger partial charge in [0.25, 0.3) is 8.32 Å². The van der Waals surface area contributed by atoms with E-state index in [0.29, 0.717) is 24.3 Å². The van der Waals surface area contributed by atoms with Gasteiger partial charge in [0.2, 0.25) is 0 Å². The molecule has 1 saturated heterocycles. The fourth-order valence-electron chi connectivity index (χ4n) is 9.77. The van der Waals surface area contributed by atoms with E-state index in [1.807, 2.05) is 45.2 Å². The summed E-state index contributed by atoms with van der Waals surface area (Å²) in [5.41, 5.74) is 5.84. The zero-order valence-corrected chi connectivity index (χ0v) is 42.7. The van der Waals surface area contributed by atoms with E-state index in [0.717, 1.165) is 65.3 Å². The molecule has 1 amide bonds. The van der Waals surface area contributed by atoms with Crippen molar-refractivity contribution in [3.05, 3.63) is 65.2 Å². The van der Waals surface area contributed by atoms with Crippen LogP contribution >= 0.6 is 0 Å². The molecule has 12 nitrogen and oxygen atoms in total. The van der Waals surface area contributed by atoms with Crippen LogP contribution in [0.1, 0.15) is 113 Å². The number of pyridine rings is 1. The number of carbonyl (C=O) groups excluding carboxylic acids is 1. The number of ether oxygens (including phenoxy) is 2. The van der Waals surface area contributed by atoms with E-state index in [9.17, 15) is 19.8 Å². The van der Waals surface area contributed by atoms with Gasteiger partial charge in [-0.2, -0.15) is 0 Å². The van der Waals surface area contributed by atoms with E-state index in [1.165, 1.54) is 0 Å². The zero-order chi connectivity index (χ0) is 48.3. The first kappa shape index (κ1) is 51.5. The Hall–Kier alpha value is -4.50. The number of carboxylic acid groups (broad SMARTS) is 1. The van der Waals surface area contributed by atoms with Gasteiger partial charge in [-0.25, -0.2) is 14.0 Å². The number of fused-ring (bicyclic) bond motifs is 1. The van der Waals surface area contributed by atoms with Crippen molar-refractivity contribution in [1.29, 1.82) is 0 Å². The van der Waals surface area contributed by atoms with E-state index < -0.39 is 43.3 Å². The quantitative estimate of drug-likeness (QED) is 0.0827. The Balaban J connectivity index is 1.81. The maximum absolute atomic E-state index is 17.5. The number of halogens is 1. The minimum absolute atomic E-state index is 0.0571. The van der Waals surface area contributed by atoms with Gasteiger partial charge in [0.05, 0.1) is 29.4 Å². The molecule has 14 heteroatoms. The van der Waals surface area contributed by atoms with Gasteiger partial charge in [-0.05, 0) is 117 Å². The molecule has 0 bridgehead atoms. The van der Waals surface area contributed by atoms with Crippen molar-refractivity contribution in [3.8, 4) is 28.1 Å². The van der Waals surface area contributed by atoms with Crippen LogP contribution in [0.4, 0.5) is 14.9 Å².